The number of thiophene rings is 1. The number of hydrogen-bond acceptors (Lipinski definition) is 5. The Kier molecular flexibility index (Phi) is 11.1. The van der Waals surface area contributed by atoms with Crippen molar-refractivity contribution in [2.45, 2.75) is 25.8 Å². The molecule has 1 unspecified atom stereocenters. The van der Waals surface area contributed by atoms with Gasteiger partial charge in [0.1, 0.15) is 0 Å². The first kappa shape index (κ1) is 23.9. The van der Waals surface area contributed by atoms with Crippen molar-refractivity contribution in [2.75, 3.05) is 66.1 Å². The molecular weight excluding hydrogens is 485 g/mol. The highest BCUT2D eigenvalue weighted by atomic mass is 127. The molecular formula is C20H36IN5OS. The van der Waals surface area contributed by atoms with Crippen molar-refractivity contribution >= 4 is 41.3 Å². The van der Waals surface area contributed by atoms with Gasteiger partial charge < -0.3 is 15.4 Å². The fraction of sp³-hybridized carbons (Fsp3) is 0.750. The SMILES string of the molecule is CN=C(NCCN1CCOCC1)NCC(c1cccs1)N1CCC(C)CC1.I. The predicted molar refractivity (Wildman–Crippen MR) is 129 cm³/mol. The van der Waals surface area contributed by atoms with E-state index in [0.717, 1.165) is 57.8 Å². The Hall–Kier alpha value is -0.420. The molecule has 1 atom stereocenters. The Labute approximate surface area is 191 Å². The van der Waals surface area contributed by atoms with Crippen LogP contribution in [0.4, 0.5) is 0 Å². The van der Waals surface area contributed by atoms with Gasteiger partial charge in [-0.15, -0.1) is 35.3 Å². The predicted octanol–water partition coefficient (Wildman–Crippen LogP) is 2.64. The van der Waals surface area contributed by atoms with Crippen LogP contribution in [0.1, 0.15) is 30.7 Å². The Morgan fingerprint density at radius 2 is 2.00 bits per heavy atom. The Morgan fingerprint density at radius 3 is 2.64 bits per heavy atom. The normalized spacial score (nSPS) is 21.1. The molecule has 0 bridgehead atoms. The summed E-state index contributed by atoms with van der Waals surface area (Å²) >= 11 is 1.86. The summed E-state index contributed by atoms with van der Waals surface area (Å²) in [6.45, 7) is 11.3. The average Bonchev–Trinajstić information content (AvgIpc) is 3.23. The van der Waals surface area contributed by atoms with Crippen molar-refractivity contribution < 1.29 is 4.74 Å². The fourth-order valence-corrected chi connectivity index (χ4v) is 4.66. The molecule has 0 aliphatic carbocycles. The Balaban J connectivity index is 0.00000280. The van der Waals surface area contributed by atoms with E-state index in [0.29, 0.717) is 6.04 Å². The lowest BCUT2D eigenvalue weighted by Crippen LogP contribution is -2.47. The molecule has 0 radical (unpaired) electrons. The molecule has 3 rings (SSSR count). The summed E-state index contributed by atoms with van der Waals surface area (Å²) in [6, 6.07) is 4.86. The zero-order chi connectivity index (χ0) is 18.9. The molecule has 1 aromatic heterocycles. The smallest absolute Gasteiger partial charge is 0.191 e. The second-order valence-corrected chi connectivity index (χ2v) is 8.56. The quantitative estimate of drug-likeness (QED) is 0.329. The van der Waals surface area contributed by atoms with Crippen LogP contribution in [-0.2, 0) is 4.74 Å². The van der Waals surface area contributed by atoms with E-state index in [9.17, 15) is 0 Å². The number of ether oxygens (including phenoxy) is 1. The summed E-state index contributed by atoms with van der Waals surface area (Å²) in [4.78, 5) is 10.9. The number of aliphatic imine (C=N–C) groups is 1. The summed E-state index contributed by atoms with van der Waals surface area (Å²) in [5.41, 5.74) is 0. The zero-order valence-corrected chi connectivity index (χ0v) is 20.4. The number of rotatable bonds is 7. The highest BCUT2D eigenvalue weighted by Crippen LogP contribution is 2.28. The lowest BCUT2D eigenvalue weighted by Gasteiger charge is -2.36. The van der Waals surface area contributed by atoms with Crippen LogP contribution in [-0.4, -0.2) is 81.8 Å². The molecule has 0 spiro atoms. The van der Waals surface area contributed by atoms with Crippen LogP contribution in [0.5, 0.6) is 0 Å². The van der Waals surface area contributed by atoms with Gasteiger partial charge in [0.05, 0.1) is 19.3 Å². The third-order valence-corrected chi connectivity index (χ3v) is 6.61. The van der Waals surface area contributed by atoms with Gasteiger partial charge in [0.15, 0.2) is 5.96 Å². The van der Waals surface area contributed by atoms with E-state index >= 15 is 0 Å². The number of likely N-dealkylation sites (tertiary alicyclic amines) is 1. The summed E-state index contributed by atoms with van der Waals surface area (Å²) in [6.07, 6.45) is 2.60. The van der Waals surface area contributed by atoms with Gasteiger partial charge in [0, 0.05) is 44.6 Å². The molecule has 3 heterocycles. The van der Waals surface area contributed by atoms with Gasteiger partial charge in [-0.1, -0.05) is 13.0 Å². The molecule has 28 heavy (non-hydrogen) atoms. The van der Waals surface area contributed by atoms with Crippen LogP contribution in [0.2, 0.25) is 0 Å². The minimum absolute atomic E-state index is 0. The molecule has 2 N–H and O–H groups in total. The first-order chi connectivity index (χ1) is 13.3. The first-order valence-corrected chi connectivity index (χ1v) is 11.2. The van der Waals surface area contributed by atoms with Crippen LogP contribution < -0.4 is 10.6 Å². The number of nitrogens with zero attached hydrogens (tertiary/aromatic N) is 3. The van der Waals surface area contributed by atoms with Gasteiger partial charge in [0.25, 0.3) is 0 Å². The van der Waals surface area contributed by atoms with E-state index in [1.54, 1.807) is 0 Å². The highest BCUT2D eigenvalue weighted by molar-refractivity contribution is 14.0. The number of guanidine groups is 1. The lowest BCUT2D eigenvalue weighted by atomic mass is 9.97. The molecule has 1 aromatic rings. The minimum atomic E-state index is 0. The molecule has 0 saturated carbocycles. The number of piperidine rings is 1. The summed E-state index contributed by atoms with van der Waals surface area (Å²) in [5, 5.41) is 9.22. The van der Waals surface area contributed by atoms with E-state index < -0.39 is 0 Å². The highest BCUT2D eigenvalue weighted by Gasteiger charge is 2.25. The maximum atomic E-state index is 5.41. The molecule has 2 saturated heterocycles. The third-order valence-electron chi connectivity index (χ3n) is 5.64. The van der Waals surface area contributed by atoms with Crippen LogP contribution in [0.25, 0.3) is 0 Å². The standard InChI is InChI=1S/C20H35N5OS.HI/c1-17-5-8-25(9-6-17)18(19-4-3-15-27-19)16-23-20(21-2)22-7-10-24-11-13-26-14-12-24;/h3-4,15,17-18H,5-14,16H2,1-2H3,(H2,21,22,23);1H. The van der Waals surface area contributed by atoms with Crippen molar-refractivity contribution in [3.05, 3.63) is 22.4 Å². The van der Waals surface area contributed by atoms with Crippen molar-refractivity contribution in [3.63, 3.8) is 0 Å². The first-order valence-electron chi connectivity index (χ1n) is 10.3. The van der Waals surface area contributed by atoms with Crippen molar-refractivity contribution in [2.24, 2.45) is 10.9 Å². The van der Waals surface area contributed by atoms with Crippen LogP contribution in [0, 0.1) is 5.92 Å². The van der Waals surface area contributed by atoms with E-state index in [2.05, 4.69) is 49.9 Å². The molecule has 2 fully saturated rings. The fourth-order valence-electron chi connectivity index (χ4n) is 3.80. The van der Waals surface area contributed by atoms with Crippen molar-refractivity contribution in [1.29, 1.82) is 0 Å². The van der Waals surface area contributed by atoms with E-state index in [1.807, 2.05) is 18.4 Å². The molecule has 2 aliphatic heterocycles. The van der Waals surface area contributed by atoms with Gasteiger partial charge >= 0.3 is 0 Å². The lowest BCUT2D eigenvalue weighted by molar-refractivity contribution is 0.0389. The average molecular weight is 522 g/mol. The third kappa shape index (κ3) is 7.44. The van der Waals surface area contributed by atoms with Crippen LogP contribution >= 0.6 is 35.3 Å². The molecule has 0 aromatic carbocycles. The van der Waals surface area contributed by atoms with Crippen LogP contribution in [0.15, 0.2) is 22.5 Å². The van der Waals surface area contributed by atoms with E-state index in [1.165, 1.54) is 30.8 Å². The Bertz CT molecular complexity index is 557. The maximum Gasteiger partial charge on any atom is 0.191 e. The number of morpholine rings is 1. The second kappa shape index (κ2) is 13.0. The van der Waals surface area contributed by atoms with Gasteiger partial charge in [-0.2, -0.15) is 0 Å². The van der Waals surface area contributed by atoms with Crippen molar-refractivity contribution in [1.82, 2.24) is 20.4 Å². The summed E-state index contributed by atoms with van der Waals surface area (Å²) in [7, 11) is 1.85. The Morgan fingerprint density at radius 1 is 1.25 bits per heavy atom. The van der Waals surface area contributed by atoms with Crippen molar-refractivity contribution in [3.8, 4) is 0 Å². The molecule has 160 valence electrons. The monoisotopic (exact) mass is 521 g/mol. The number of hydrogen-bond donors (Lipinski definition) is 2. The van der Waals surface area contributed by atoms with E-state index in [4.69, 9.17) is 4.74 Å². The van der Waals surface area contributed by atoms with Gasteiger partial charge in [0.2, 0.25) is 0 Å². The zero-order valence-electron chi connectivity index (χ0n) is 17.2. The van der Waals surface area contributed by atoms with Gasteiger partial charge in [-0.25, -0.2) is 0 Å². The van der Waals surface area contributed by atoms with Gasteiger partial charge in [-0.05, 0) is 43.3 Å². The molecule has 6 nitrogen and oxygen atoms in total. The summed E-state index contributed by atoms with van der Waals surface area (Å²) < 4.78 is 5.41. The summed E-state index contributed by atoms with van der Waals surface area (Å²) in [5.74, 6) is 1.75. The maximum absolute atomic E-state index is 5.41. The minimum Gasteiger partial charge on any atom is -0.379 e. The topological polar surface area (TPSA) is 52.1 Å². The molecule has 2 aliphatic rings. The second-order valence-electron chi connectivity index (χ2n) is 7.58. The van der Waals surface area contributed by atoms with Crippen LogP contribution in [0.3, 0.4) is 0 Å². The number of nitrogens with one attached hydrogen (secondary N) is 2. The molecule has 8 heteroatoms. The molecule has 0 amide bonds. The number of halogens is 1. The van der Waals surface area contributed by atoms with Gasteiger partial charge in [-0.3, -0.25) is 14.8 Å². The van der Waals surface area contributed by atoms with E-state index in [-0.39, 0.29) is 24.0 Å². The largest absolute Gasteiger partial charge is 0.379 e.